The van der Waals surface area contributed by atoms with Crippen molar-refractivity contribution >= 4 is 22.4 Å². The van der Waals surface area contributed by atoms with Crippen LogP contribution in [0.1, 0.15) is 6.92 Å². The molecule has 3 nitrogen and oxygen atoms in total. The van der Waals surface area contributed by atoms with Crippen LogP contribution in [0.15, 0.2) is 11.6 Å². The van der Waals surface area contributed by atoms with Gasteiger partial charge in [-0.15, -0.1) is 0 Å². The molecule has 1 amide bonds. The third-order valence-electron chi connectivity index (χ3n) is 2.84. The monoisotopic (exact) mass is 286 g/mol. The molecule has 0 unspecified atom stereocenters. The first-order valence-electron chi connectivity index (χ1n) is 6.52. The Bertz CT molecular complexity index is 311. The maximum atomic E-state index is 11.7. The van der Waals surface area contributed by atoms with Gasteiger partial charge >= 0.3 is 0 Å². The van der Waals surface area contributed by atoms with Crippen LogP contribution < -0.4 is 0 Å². The molecule has 0 aromatic rings. The molecule has 0 bridgehead atoms. The molecule has 0 radical (unpaired) electrons. The lowest BCUT2D eigenvalue weighted by Gasteiger charge is -2.43. The topological polar surface area (TPSA) is 23.6 Å². The van der Waals surface area contributed by atoms with Gasteiger partial charge in [-0.1, -0.05) is 44.9 Å². The summed E-state index contributed by atoms with van der Waals surface area (Å²) in [5, 5.41) is 0. The van der Waals surface area contributed by atoms with Crippen LogP contribution in [0.5, 0.6) is 0 Å². The van der Waals surface area contributed by atoms with Gasteiger partial charge in [-0.3, -0.25) is 4.79 Å². The number of carbonyl (C=O) groups excluding carboxylic acids is 1. The first kappa shape index (κ1) is 17.6. The molecule has 106 valence electrons. The maximum absolute atomic E-state index is 11.7. The number of nitrogens with zero attached hydrogens (tertiary/aromatic N) is 2. The highest BCUT2D eigenvalue weighted by Crippen LogP contribution is 2.21. The molecule has 18 heavy (non-hydrogen) atoms. The average Bonchev–Trinajstić information content (AvgIpc) is 2.10. The summed E-state index contributed by atoms with van der Waals surface area (Å²) >= 11 is 0. The van der Waals surface area contributed by atoms with E-state index in [2.05, 4.69) is 50.4 Å². The predicted octanol–water partition coefficient (Wildman–Crippen LogP) is 2.99. The Morgan fingerprint density at radius 2 is 1.39 bits per heavy atom. The summed E-state index contributed by atoms with van der Waals surface area (Å²) in [5.74, 6) is 0.0820. The van der Waals surface area contributed by atoms with Crippen molar-refractivity contribution in [1.82, 2.24) is 9.13 Å². The summed E-state index contributed by atoms with van der Waals surface area (Å²) in [7, 11) is 0.918. The Kier molecular flexibility index (Phi) is 6.03. The Morgan fingerprint density at radius 1 is 1.00 bits per heavy atom. The van der Waals surface area contributed by atoms with Crippen LogP contribution >= 0.6 is 0 Å². The summed E-state index contributed by atoms with van der Waals surface area (Å²) < 4.78 is 2.69. The fourth-order valence-corrected chi connectivity index (χ4v) is 11.6. The van der Waals surface area contributed by atoms with Gasteiger partial charge in [0.1, 0.15) is 16.5 Å². The van der Waals surface area contributed by atoms with E-state index in [-0.39, 0.29) is 5.91 Å². The largest absolute Gasteiger partial charge is 0.345 e. The smallest absolute Gasteiger partial charge is 0.246 e. The molecule has 0 saturated carbocycles. The Hall–Kier alpha value is -0.396. The fraction of sp³-hybridized carbons (Fsp3) is 0.769. The van der Waals surface area contributed by atoms with Crippen molar-refractivity contribution in [2.75, 3.05) is 20.6 Å². The SMILES string of the molecule is C/C(=C\C(=O)N(C)C)CN([Si](C)(C)C)[Si](C)(C)C. The molecule has 0 aliphatic rings. The van der Waals surface area contributed by atoms with Gasteiger partial charge in [0, 0.05) is 26.7 Å². The molecule has 0 heterocycles. The number of amides is 1. The number of hydrogen-bond acceptors (Lipinski definition) is 2. The lowest BCUT2D eigenvalue weighted by molar-refractivity contribution is -0.123. The number of carbonyl (C=O) groups is 1. The van der Waals surface area contributed by atoms with Crippen molar-refractivity contribution in [3.63, 3.8) is 0 Å². The van der Waals surface area contributed by atoms with E-state index in [9.17, 15) is 4.79 Å². The van der Waals surface area contributed by atoms with Crippen LogP contribution in [0.2, 0.25) is 39.3 Å². The van der Waals surface area contributed by atoms with Crippen LogP contribution in [-0.2, 0) is 4.79 Å². The zero-order valence-electron chi connectivity index (χ0n) is 13.6. The lowest BCUT2D eigenvalue weighted by Crippen LogP contribution is -2.59. The Labute approximate surface area is 115 Å². The van der Waals surface area contributed by atoms with Gasteiger partial charge in [0.25, 0.3) is 0 Å². The third kappa shape index (κ3) is 5.97. The summed E-state index contributed by atoms with van der Waals surface area (Å²) in [6.45, 7) is 17.3. The van der Waals surface area contributed by atoms with E-state index in [1.54, 1.807) is 25.1 Å². The van der Waals surface area contributed by atoms with Crippen molar-refractivity contribution in [2.45, 2.75) is 46.2 Å². The van der Waals surface area contributed by atoms with Gasteiger partial charge in [0.2, 0.25) is 5.91 Å². The summed E-state index contributed by atoms with van der Waals surface area (Å²) in [5.41, 5.74) is 1.17. The summed E-state index contributed by atoms with van der Waals surface area (Å²) in [6, 6.07) is 0. The lowest BCUT2D eigenvalue weighted by atomic mass is 10.3. The van der Waals surface area contributed by atoms with Crippen molar-refractivity contribution in [2.24, 2.45) is 0 Å². The highest BCUT2D eigenvalue weighted by atomic mass is 28.4. The zero-order valence-corrected chi connectivity index (χ0v) is 15.6. The molecular weight excluding hydrogens is 256 g/mol. The molecule has 0 aromatic carbocycles. The fourth-order valence-electron chi connectivity index (χ4n) is 2.12. The zero-order chi connectivity index (χ0) is 14.7. The number of hydrogen-bond donors (Lipinski definition) is 0. The van der Waals surface area contributed by atoms with Gasteiger partial charge in [-0.25, -0.2) is 0 Å². The number of rotatable bonds is 5. The first-order chi connectivity index (χ1) is 7.85. The molecule has 0 N–H and O–H groups in total. The molecule has 0 fully saturated rings. The van der Waals surface area contributed by atoms with Gasteiger partial charge in [-0.05, 0) is 6.92 Å². The van der Waals surface area contributed by atoms with Crippen LogP contribution in [0.3, 0.4) is 0 Å². The van der Waals surface area contributed by atoms with Gasteiger partial charge in [0.15, 0.2) is 0 Å². The van der Waals surface area contributed by atoms with Crippen LogP contribution in [0, 0.1) is 0 Å². The first-order valence-corrected chi connectivity index (χ1v) is 13.4. The van der Waals surface area contributed by atoms with Crippen molar-refractivity contribution in [3.8, 4) is 0 Å². The summed E-state index contributed by atoms with van der Waals surface area (Å²) in [6.07, 6.45) is 1.77. The molecule has 0 spiro atoms. The van der Waals surface area contributed by atoms with Crippen LogP contribution in [-0.4, -0.2) is 52.1 Å². The minimum atomic E-state index is -1.33. The molecule has 5 heteroatoms. The maximum Gasteiger partial charge on any atom is 0.246 e. The van der Waals surface area contributed by atoms with Crippen LogP contribution in [0.25, 0.3) is 0 Å². The van der Waals surface area contributed by atoms with E-state index in [1.165, 1.54) is 5.57 Å². The van der Waals surface area contributed by atoms with E-state index in [4.69, 9.17) is 0 Å². The Morgan fingerprint density at radius 3 is 1.67 bits per heavy atom. The predicted molar refractivity (Wildman–Crippen MR) is 85.8 cm³/mol. The molecule has 0 aliphatic carbocycles. The minimum Gasteiger partial charge on any atom is -0.345 e. The Balaban J connectivity index is 4.98. The highest BCUT2D eigenvalue weighted by Gasteiger charge is 2.34. The highest BCUT2D eigenvalue weighted by molar-refractivity contribution is 6.89. The third-order valence-corrected chi connectivity index (χ3v) is 10.4. The standard InChI is InChI=1S/C13H30N2OSi2/c1-12(10-13(16)14(2)3)11-15(17(4,5)6)18(7,8)9/h10H,11H2,1-9H3/b12-10+. The van der Waals surface area contributed by atoms with E-state index < -0.39 is 16.5 Å². The van der Waals surface area contributed by atoms with E-state index in [0.717, 1.165) is 6.54 Å². The molecular formula is C13H30N2OSi2. The van der Waals surface area contributed by atoms with E-state index >= 15 is 0 Å². The second-order valence-electron chi connectivity index (χ2n) is 7.15. The minimum absolute atomic E-state index is 0.0820. The molecule has 0 saturated heterocycles. The average molecular weight is 287 g/mol. The second-order valence-corrected chi connectivity index (χ2v) is 17.4. The van der Waals surface area contributed by atoms with Gasteiger partial charge < -0.3 is 9.13 Å². The molecule has 0 aromatic heterocycles. The van der Waals surface area contributed by atoms with Crippen molar-refractivity contribution < 1.29 is 4.79 Å². The van der Waals surface area contributed by atoms with Gasteiger partial charge in [0.05, 0.1) is 0 Å². The number of likely N-dealkylation sites (N-methyl/N-ethyl adjacent to an activating group) is 1. The van der Waals surface area contributed by atoms with Crippen LogP contribution in [0.4, 0.5) is 0 Å². The molecule has 0 aliphatic heterocycles. The van der Waals surface area contributed by atoms with Crippen molar-refractivity contribution in [3.05, 3.63) is 11.6 Å². The van der Waals surface area contributed by atoms with Crippen molar-refractivity contribution in [1.29, 1.82) is 0 Å². The van der Waals surface area contributed by atoms with E-state index in [0.29, 0.717) is 0 Å². The van der Waals surface area contributed by atoms with E-state index in [1.807, 2.05) is 0 Å². The summed E-state index contributed by atoms with van der Waals surface area (Å²) in [4.78, 5) is 13.3. The van der Waals surface area contributed by atoms with Gasteiger partial charge in [-0.2, -0.15) is 0 Å². The normalized spacial score (nSPS) is 14.0. The molecule has 0 rings (SSSR count). The quantitative estimate of drug-likeness (QED) is 0.573. The second kappa shape index (κ2) is 6.17. The molecule has 0 atom stereocenters.